The Morgan fingerprint density at radius 1 is 1.14 bits per heavy atom. The van der Waals surface area contributed by atoms with E-state index in [1.54, 1.807) is 10.9 Å². The number of carbonyl (C=O) groups is 1. The number of nitrogens with zero attached hydrogens (tertiary/aromatic N) is 3. The van der Waals surface area contributed by atoms with Gasteiger partial charge in [-0.15, -0.1) is 12.4 Å². The summed E-state index contributed by atoms with van der Waals surface area (Å²) in [6.07, 6.45) is 1.95. The lowest BCUT2D eigenvalue weighted by molar-refractivity contribution is -0.137. The van der Waals surface area contributed by atoms with Crippen molar-refractivity contribution < 1.29 is 18.0 Å². The topological polar surface area (TPSA) is 50.2 Å². The van der Waals surface area contributed by atoms with E-state index in [-0.39, 0.29) is 24.0 Å². The van der Waals surface area contributed by atoms with Crippen LogP contribution >= 0.6 is 24.0 Å². The molecule has 188 valence electrons. The molecule has 35 heavy (non-hydrogen) atoms. The molecule has 1 N–H and O–H groups in total. The van der Waals surface area contributed by atoms with Crippen LogP contribution in [0.15, 0.2) is 54.9 Å². The summed E-state index contributed by atoms with van der Waals surface area (Å²) >= 11 is 6.04. The molecule has 10 heteroatoms. The van der Waals surface area contributed by atoms with E-state index < -0.39 is 28.7 Å². The summed E-state index contributed by atoms with van der Waals surface area (Å²) < 4.78 is 41.7. The van der Waals surface area contributed by atoms with Gasteiger partial charge in [0, 0.05) is 24.8 Å². The van der Waals surface area contributed by atoms with Gasteiger partial charge < -0.3 is 10.2 Å². The molecule has 4 rings (SSSR count). The number of alkyl halides is 3. The first kappa shape index (κ1) is 27.0. The van der Waals surface area contributed by atoms with Gasteiger partial charge in [0.2, 0.25) is 0 Å². The molecule has 3 aromatic rings. The van der Waals surface area contributed by atoms with Gasteiger partial charge in [0.25, 0.3) is 5.91 Å². The maximum atomic E-state index is 13.3. The van der Waals surface area contributed by atoms with E-state index in [4.69, 9.17) is 11.6 Å². The van der Waals surface area contributed by atoms with Crippen LogP contribution < -0.4 is 5.32 Å². The summed E-state index contributed by atoms with van der Waals surface area (Å²) in [4.78, 5) is 15.4. The van der Waals surface area contributed by atoms with Crippen LogP contribution in [0.3, 0.4) is 0 Å². The van der Waals surface area contributed by atoms with E-state index in [1.807, 2.05) is 44.6 Å². The number of likely N-dealkylation sites (tertiary alicyclic amines) is 1. The first-order valence-corrected chi connectivity index (χ1v) is 11.5. The Morgan fingerprint density at radius 3 is 2.54 bits per heavy atom. The van der Waals surface area contributed by atoms with Crippen LogP contribution in [0.25, 0.3) is 11.1 Å². The van der Waals surface area contributed by atoms with E-state index in [0.29, 0.717) is 0 Å². The third-order valence-electron chi connectivity index (χ3n) is 6.33. The Morgan fingerprint density at radius 2 is 1.89 bits per heavy atom. The monoisotopic (exact) mass is 526 g/mol. The summed E-state index contributed by atoms with van der Waals surface area (Å²) in [6.45, 7) is 0.879. The minimum atomic E-state index is -4.64. The summed E-state index contributed by atoms with van der Waals surface area (Å²) in [7, 11) is 3.84. The average Bonchev–Trinajstić information content (AvgIpc) is 3.24. The van der Waals surface area contributed by atoms with E-state index in [0.717, 1.165) is 48.6 Å². The van der Waals surface area contributed by atoms with Gasteiger partial charge in [-0.1, -0.05) is 42.3 Å². The smallest absolute Gasteiger partial charge is 0.344 e. The number of likely N-dealkylation sites (N-methyl/N-ethyl adjacent to an activating group) is 1. The predicted molar refractivity (Wildman–Crippen MR) is 133 cm³/mol. The van der Waals surface area contributed by atoms with E-state index in [2.05, 4.69) is 15.3 Å². The third-order valence-corrected chi connectivity index (χ3v) is 6.74. The highest BCUT2D eigenvalue weighted by atomic mass is 35.5. The Balaban J connectivity index is 0.00000342. The summed E-state index contributed by atoms with van der Waals surface area (Å²) in [5.41, 5.74) is 1.54. The normalized spacial score (nSPS) is 17.5. The number of aryl methyl sites for hydroxylation is 1. The van der Waals surface area contributed by atoms with Gasteiger partial charge in [0.1, 0.15) is 0 Å². The van der Waals surface area contributed by atoms with Crippen LogP contribution in [0.1, 0.15) is 46.8 Å². The lowest BCUT2D eigenvalue weighted by Gasteiger charge is -2.38. The molecule has 1 aliphatic rings. The number of aromatic nitrogens is 2. The molecule has 2 aromatic carbocycles. The average molecular weight is 527 g/mol. The highest BCUT2D eigenvalue weighted by molar-refractivity contribution is 6.34. The van der Waals surface area contributed by atoms with Crippen LogP contribution in [0.5, 0.6) is 0 Å². The highest BCUT2D eigenvalue weighted by Crippen LogP contribution is 2.37. The second kappa shape index (κ2) is 11.0. The van der Waals surface area contributed by atoms with Crippen molar-refractivity contribution in [3.8, 4) is 11.1 Å². The Kier molecular flexibility index (Phi) is 8.51. The molecule has 0 spiro atoms. The molecule has 0 radical (unpaired) electrons. The van der Waals surface area contributed by atoms with Gasteiger partial charge in [-0.05, 0) is 55.8 Å². The van der Waals surface area contributed by atoms with Gasteiger partial charge in [-0.2, -0.15) is 18.3 Å². The predicted octanol–water partition coefficient (Wildman–Crippen LogP) is 6.14. The van der Waals surface area contributed by atoms with Gasteiger partial charge in [0.15, 0.2) is 0 Å². The van der Waals surface area contributed by atoms with Crippen molar-refractivity contribution in [1.82, 2.24) is 20.0 Å². The molecule has 0 aliphatic carbocycles. The van der Waals surface area contributed by atoms with Crippen LogP contribution in [-0.2, 0) is 13.2 Å². The Hall–Kier alpha value is -2.55. The Bertz CT molecular complexity index is 1180. The fourth-order valence-corrected chi connectivity index (χ4v) is 4.87. The molecule has 2 atom stereocenters. The molecule has 1 fully saturated rings. The van der Waals surface area contributed by atoms with Gasteiger partial charge in [-0.25, -0.2) is 0 Å². The van der Waals surface area contributed by atoms with E-state index >= 15 is 0 Å². The standard InChI is InChI=1S/C25H26ClF3N4O.ClH/c1-32-12-4-3-11-21(32)23(17-8-5-7-16(13-17)18-14-30-33(2)15-18)31-24(34)19-9-6-10-20(22(19)26)25(27,28)29;/h5-10,13-15,21,23H,3-4,11-12H2,1-2H3,(H,31,34);1H/t21-,23-;/m0./s1. The maximum Gasteiger partial charge on any atom is 0.417 e. The van der Waals surface area contributed by atoms with Gasteiger partial charge in [-0.3, -0.25) is 9.48 Å². The van der Waals surface area contributed by atoms with Crippen LogP contribution in [0.4, 0.5) is 13.2 Å². The number of hydrogen-bond acceptors (Lipinski definition) is 3. The minimum absolute atomic E-state index is 0. The minimum Gasteiger partial charge on any atom is -0.344 e. The second-order valence-corrected chi connectivity index (χ2v) is 9.07. The number of rotatable bonds is 5. The summed E-state index contributed by atoms with van der Waals surface area (Å²) in [5, 5.41) is 6.64. The molecular weight excluding hydrogens is 500 g/mol. The molecule has 1 amide bonds. The van der Waals surface area contributed by atoms with Crippen LogP contribution in [-0.4, -0.2) is 40.2 Å². The van der Waals surface area contributed by atoms with Gasteiger partial charge >= 0.3 is 6.18 Å². The van der Waals surface area contributed by atoms with Crippen molar-refractivity contribution in [2.45, 2.75) is 37.5 Å². The van der Waals surface area contributed by atoms with Crippen molar-refractivity contribution >= 4 is 29.9 Å². The van der Waals surface area contributed by atoms with Crippen molar-refractivity contribution in [1.29, 1.82) is 0 Å². The zero-order valence-electron chi connectivity index (χ0n) is 19.3. The van der Waals surface area contributed by atoms with E-state index in [9.17, 15) is 18.0 Å². The number of amides is 1. The first-order valence-electron chi connectivity index (χ1n) is 11.1. The molecule has 1 saturated heterocycles. The number of benzene rings is 2. The molecular formula is C25H27Cl2F3N4O. The lowest BCUT2D eigenvalue weighted by Crippen LogP contribution is -2.47. The molecule has 1 aromatic heterocycles. The van der Waals surface area contributed by atoms with Crippen LogP contribution in [0, 0.1) is 0 Å². The number of piperidine rings is 1. The Labute approximate surface area is 213 Å². The zero-order valence-corrected chi connectivity index (χ0v) is 20.9. The molecule has 0 unspecified atom stereocenters. The highest BCUT2D eigenvalue weighted by Gasteiger charge is 2.36. The van der Waals surface area contributed by atoms with Crippen molar-refractivity contribution in [3.05, 3.63) is 76.6 Å². The zero-order chi connectivity index (χ0) is 24.5. The quantitative estimate of drug-likeness (QED) is 0.434. The first-order chi connectivity index (χ1) is 16.1. The molecule has 5 nitrogen and oxygen atoms in total. The van der Waals surface area contributed by atoms with Crippen molar-refractivity contribution in [3.63, 3.8) is 0 Å². The fraction of sp³-hybridized carbons (Fsp3) is 0.360. The number of hydrogen-bond donors (Lipinski definition) is 1. The molecule has 0 saturated carbocycles. The van der Waals surface area contributed by atoms with Crippen LogP contribution in [0.2, 0.25) is 5.02 Å². The SMILES string of the molecule is CN1CCCC[C@H]1[C@@H](NC(=O)c1cccc(C(F)(F)F)c1Cl)c1cccc(-c2cnn(C)c2)c1.Cl. The summed E-state index contributed by atoms with van der Waals surface area (Å²) in [5.74, 6) is -0.633. The molecule has 1 aliphatic heterocycles. The largest absolute Gasteiger partial charge is 0.417 e. The number of nitrogens with one attached hydrogen (secondary N) is 1. The summed E-state index contributed by atoms with van der Waals surface area (Å²) in [6, 6.07) is 10.8. The second-order valence-electron chi connectivity index (χ2n) is 8.69. The number of carbonyl (C=O) groups excluding carboxylic acids is 1. The molecule has 2 heterocycles. The fourth-order valence-electron chi connectivity index (χ4n) is 4.55. The lowest BCUT2D eigenvalue weighted by atomic mass is 9.89. The van der Waals surface area contributed by atoms with Crippen molar-refractivity contribution in [2.75, 3.05) is 13.6 Å². The van der Waals surface area contributed by atoms with Gasteiger partial charge in [0.05, 0.1) is 28.4 Å². The maximum absolute atomic E-state index is 13.3. The van der Waals surface area contributed by atoms with E-state index in [1.165, 1.54) is 12.1 Å². The third kappa shape index (κ3) is 6.00. The van der Waals surface area contributed by atoms with Crippen molar-refractivity contribution in [2.24, 2.45) is 7.05 Å². The number of halogens is 5. The molecule has 0 bridgehead atoms.